The third-order valence-corrected chi connectivity index (χ3v) is 3.17. The average Bonchev–Trinajstić information content (AvgIpc) is 2.36. The molecule has 0 radical (unpaired) electrons. The number of amides is 1. The number of alkyl halides is 3. The molecular formula is C14H16F3NO2. The number of carbonyl (C=O) groups excluding carboxylic acids is 1. The van der Waals surface area contributed by atoms with E-state index < -0.39 is 11.7 Å². The van der Waals surface area contributed by atoms with E-state index in [0.717, 1.165) is 12.1 Å². The Morgan fingerprint density at radius 1 is 1.15 bits per heavy atom. The summed E-state index contributed by atoms with van der Waals surface area (Å²) in [5, 5.41) is 0. The SMILES string of the molecule is C[C@@H]1CN(C(=O)c2ccc(C(F)(F)F)cc2)C[C@H](C)O1. The van der Waals surface area contributed by atoms with Crippen molar-refractivity contribution in [1.82, 2.24) is 4.90 Å². The van der Waals surface area contributed by atoms with Gasteiger partial charge in [0.2, 0.25) is 0 Å². The number of hydrogen-bond acceptors (Lipinski definition) is 2. The molecule has 1 aromatic rings. The summed E-state index contributed by atoms with van der Waals surface area (Å²) in [6.07, 6.45) is -4.53. The molecule has 2 atom stereocenters. The molecule has 1 aliphatic rings. The van der Waals surface area contributed by atoms with Crippen molar-refractivity contribution in [2.24, 2.45) is 0 Å². The van der Waals surface area contributed by atoms with Gasteiger partial charge in [0.1, 0.15) is 0 Å². The van der Waals surface area contributed by atoms with Gasteiger partial charge in [0.25, 0.3) is 5.91 Å². The van der Waals surface area contributed by atoms with E-state index in [0.29, 0.717) is 13.1 Å². The predicted octanol–water partition coefficient (Wildman–Crippen LogP) is 2.95. The first-order valence-corrected chi connectivity index (χ1v) is 6.39. The second kappa shape index (κ2) is 5.44. The summed E-state index contributed by atoms with van der Waals surface area (Å²) in [5.41, 5.74) is -0.489. The first kappa shape index (κ1) is 14.8. The molecule has 2 rings (SSSR count). The Kier molecular flexibility index (Phi) is 4.04. The largest absolute Gasteiger partial charge is 0.416 e. The molecule has 1 aromatic carbocycles. The maximum atomic E-state index is 12.5. The van der Waals surface area contributed by atoms with Crippen molar-refractivity contribution in [2.75, 3.05) is 13.1 Å². The van der Waals surface area contributed by atoms with Crippen LogP contribution in [0.5, 0.6) is 0 Å². The van der Waals surface area contributed by atoms with Gasteiger partial charge in [0.15, 0.2) is 0 Å². The van der Waals surface area contributed by atoms with Crippen molar-refractivity contribution in [1.29, 1.82) is 0 Å². The highest BCUT2D eigenvalue weighted by Crippen LogP contribution is 2.29. The van der Waals surface area contributed by atoms with Crippen molar-refractivity contribution < 1.29 is 22.7 Å². The number of benzene rings is 1. The highest BCUT2D eigenvalue weighted by Gasteiger charge is 2.31. The van der Waals surface area contributed by atoms with Crippen LogP contribution in [-0.2, 0) is 10.9 Å². The highest BCUT2D eigenvalue weighted by atomic mass is 19.4. The van der Waals surface area contributed by atoms with Crippen molar-refractivity contribution in [3.8, 4) is 0 Å². The van der Waals surface area contributed by atoms with Crippen LogP contribution >= 0.6 is 0 Å². The Labute approximate surface area is 115 Å². The molecule has 110 valence electrons. The number of hydrogen-bond donors (Lipinski definition) is 0. The molecular weight excluding hydrogens is 271 g/mol. The molecule has 20 heavy (non-hydrogen) atoms. The molecule has 3 nitrogen and oxygen atoms in total. The zero-order chi connectivity index (χ0) is 14.9. The van der Waals surface area contributed by atoms with E-state index in [1.54, 1.807) is 4.90 Å². The van der Waals surface area contributed by atoms with E-state index in [1.165, 1.54) is 12.1 Å². The standard InChI is InChI=1S/C14H16F3NO2/c1-9-7-18(8-10(2)20-9)13(19)11-3-5-12(6-4-11)14(15,16)17/h3-6,9-10H,7-8H2,1-2H3/t9-,10+. The van der Waals surface area contributed by atoms with Gasteiger partial charge in [-0.25, -0.2) is 0 Å². The van der Waals surface area contributed by atoms with E-state index in [1.807, 2.05) is 13.8 Å². The monoisotopic (exact) mass is 287 g/mol. The zero-order valence-corrected chi connectivity index (χ0v) is 11.3. The van der Waals surface area contributed by atoms with Crippen LogP contribution in [0, 0.1) is 0 Å². The minimum Gasteiger partial charge on any atom is -0.372 e. The van der Waals surface area contributed by atoms with Gasteiger partial charge in [0, 0.05) is 18.7 Å². The summed E-state index contributed by atoms with van der Waals surface area (Å²) in [6, 6.07) is 4.30. The van der Waals surface area contributed by atoms with Gasteiger partial charge < -0.3 is 9.64 Å². The number of nitrogens with zero attached hydrogens (tertiary/aromatic N) is 1. The number of halogens is 3. The lowest BCUT2D eigenvalue weighted by molar-refractivity contribution is -0.137. The molecule has 1 amide bonds. The lowest BCUT2D eigenvalue weighted by Crippen LogP contribution is -2.48. The van der Waals surface area contributed by atoms with Crippen LogP contribution in [0.3, 0.4) is 0 Å². The van der Waals surface area contributed by atoms with Gasteiger partial charge in [0.05, 0.1) is 17.8 Å². The highest BCUT2D eigenvalue weighted by molar-refractivity contribution is 5.94. The van der Waals surface area contributed by atoms with Gasteiger partial charge in [-0.1, -0.05) is 0 Å². The predicted molar refractivity (Wildman–Crippen MR) is 67.4 cm³/mol. The maximum absolute atomic E-state index is 12.5. The molecule has 6 heteroatoms. The van der Waals surface area contributed by atoms with Gasteiger partial charge in [-0.2, -0.15) is 13.2 Å². The Morgan fingerprint density at radius 3 is 2.10 bits per heavy atom. The fraction of sp³-hybridized carbons (Fsp3) is 0.500. The van der Waals surface area contributed by atoms with Crippen LogP contribution in [0.25, 0.3) is 0 Å². The lowest BCUT2D eigenvalue weighted by Gasteiger charge is -2.35. The molecule has 1 aliphatic heterocycles. The van der Waals surface area contributed by atoms with E-state index >= 15 is 0 Å². The van der Waals surface area contributed by atoms with Crippen LogP contribution < -0.4 is 0 Å². The second-order valence-corrected chi connectivity index (χ2v) is 5.04. The maximum Gasteiger partial charge on any atom is 0.416 e. The average molecular weight is 287 g/mol. The second-order valence-electron chi connectivity index (χ2n) is 5.04. The quantitative estimate of drug-likeness (QED) is 0.794. The smallest absolute Gasteiger partial charge is 0.372 e. The summed E-state index contributed by atoms with van der Waals surface area (Å²) in [6.45, 7) is 4.62. The van der Waals surface area contributed by atoms with Gasteiger partial charge in [-0.15, -0.1) is 0 Å². The molecule has 0 spiro atoms. The number of rotatable bonds is 1. The Morgan fingerprint density at radius 2 is 1.65 bits per heavy atom. The molecule has 0 bridgehead atoms. The summed E-state index contributed by atoms with van der Waals surface area (Å²) in [7, 11) is 0. The van der Waals surface area contributed by atoms with Crippen LogP contribution in [0.15, 0.2) is 24.3 Å². The Bertz CT molecular complexity index is 474. The third kappa shape index (κ3) is 3.30. The van der Waals surface area contributed by atoms with Crippen LogP contribution in [0.2, 0.25) is 0 Å². The zero-order valence-electron chi connectivity index (χ0n) is 11.3. The minimum atomic E-state index is -4.39. The van der Waals surface area contributed by atoms with E-state index in [2.05, 4.69) is 0 Å². The van der Waals surface area contributed by atoms with Crippen LogP contribution in [0.1, 0.15) is 29.8 Å². The third-order valence-electron chi connectivity index (χ3n) is 3.17. The fourth-order valence-electron chi connectivity index (χ4n) is 2.33. The van der Waals surface area contributed by atoms with E-state index in [9.17, 15) is 18.0 Å². The number of carbonyl (C=O) groups is 1. The van der Waals surface area contributed by atoms with Crippen LogP contribution in [-0.4, -0.2) is 36.1 Å². The molecule has 1 fully saturated rings. The van der Waals surface area contributed by atoms with Crippen molar-refractivity contribution in [3.63, 3.8) is 0 Å². The molecule has 0 saturated carbocycles. The fourth-order valence-corrected chi connectivity index (χ4v) is 2.33. The number of ether oxygens (including phenoxy) is 1. The normalized spacial score (nSPS) is 23.8. The number of morpholine rings is 1. The minimum absolute atomic E-state index is 0.0721. The molecule has 0 unspecified atom stereocenters. The summed E-state index contributed by atoms with van der Waals surface area (Å²) in [4.78, 5) is 13.9. The van der Waals surface area contributed by atoms with Crippen molar-refractivity contribution in [2.45, 2.75) is 32.2 Å². The summed E-state index contributed by atoms with van der Waals surface area (Å²) >= 11 is 0. The molecule has 0 N–H and O–H groups in total. The molecule has 1 saturated heterocycles. The first-order valence-electron chi connectivity index (χ1n) is 6.39. The molecule has 1 heterocycles. The first-order chi connectivity index (χ1) is 9.27. The Balaban J connectivity index is 2.13. The Hall–Kier alpha value is -1.56. The lowest BCUT2D eigenvalue weighted by atomic mass is 10.1. The van der Waals surface area contributed by atoms with E-state index in [-0.39, 0.29) is 23.7 Å². The van der Waals surface area contributed by atoms with E-state index in [4.69, 9.17) is 4.74 Å². The summed E-state index contributed by atoms with van der Waals surface area (Å²) in [5.74, 6) is -0.263. The van der Waals surface area contributed by atoms with Crippen molar-refractivity contribution >= 4 is 5.91 Å². The topological polar surface area (TPSA) is 29.5 Å². The van der Waals surface area contributed by atoms with Crippen LogP contribution in [0.4, 0.5) is 13.2 Å². The summed E-state index contributed by atoms with van der Waals surface area (Å²) < 4.78 is 42.9. The molecule has 0 aliphatic carbocycles. The molecule has 0 aromatic heterocycles. The van der Waals surface area contributed by atoms with Gasteiger partial charge in [-0.3, -0.25) is 4.79 Å². The van der Waals surface area contributed by atoms with Crippen molar-refractivity contribution in [3.05, 3.63) is 35.4 Å². The van der Waals surface area contributed by atoms with Gasteiger partial charge >= 0.3 is 6.18 Å². The van der Waals surface area contributed by atoms with Gasteiger partial charge in [-0.05, 0) is 38.1 Å².